The molecule has 0 aliphatic carbocycles. The number of carbonyl (C=O) groups is 2. The Bertz CT molecular complexity index is 986. The van der Waals surface area contributed by atoms with Crippen LogP contribution in [0.4, 0.5) is 5.69 Å². The number of thioether (sulfide) groups is 1. The summed E-state index contributed by atoms with van der Waals surface area (Å²) in [5.74, 6) is 1.76. The molecule has 4 rings (SSSR count). The molecule has 29 heavy (non-hydrogen) atoms. The van der Waals surface area contributed by atoms with Gasteiger partial charge in [-0.1, -0.05) is 12.1 Å². The van der Waals surface area contributed by atoms with Gasteiger partial charge < -0.3 is 15.0 Å². The second-order valence-electron chi connectivity index (χ2n) is 7.41. The number of aryl methyl sites for hydroxylation is 2. The molecule has 0 bridgehead atoms. The van der Waals surface area contributed by atoms with E-state index in [1.165, 1.54) is 11.1 Å². The summed E-state index contributed by atoms with van der Waals surface area (Å²) in [7, 11) is 0. The number of benzene rings is 2. The highest BCUT2D eigenvalue weighted by molar-refractivity contribution is 7.99. The topological polar surface area (TPSA) is 58.6 Å². The largest absolute Gasteiger partial charge is 0.493 e. The molecule has 150 valence electrons. The van der Waals surface area contributed by atoms with Crippen LogP contribution in [0.1, 0.15) is 22.3 Å². The van der Waals surface area contributed by atoms with Gasteiger partial charge in [0.15, 0.2) is 0 Å². The molecule has 2 aromatic rings. The second kappa shape index (κ2) is 8.33. The van der Waals surface area contributed by atoms with Crippen LogP contribution in [0.15, 0.2) is 42.5 Å². The summed E-state index contributed by atoms with van der Waals surface area (Å²) in [6.07, 6.45) is 4.26. The van der Waals surface area contributed by atoms with Gasteiger partial charge in [0.05, 0.1) is 12.5 Å². The van der Waals surface area contributed by atoms with Gasteiger partial charge in [0, 0.05) is 23.9 Å². The van der Waals surface area contributed by atoms with Crippen LogP contribution in [0.2, 0.25) is 0 Å². The van der Waals surface area contributed by atoms with Crippen molar-refractivity contribution >= 4 is 35.3 Å². The van der Waals surface area contributed by atoms with Crippen LogP contribution in [0.3, 0.4) is 0 Å². The minimum absolute atomic E-state index is 0.144. The molecule has 1 unspecified atom stereocenters. The normalized spacial score (nSPS) is 18.0. The fourth-order valence-electron chi connectivity index (χ4n) is 3.50. The smallest absolute Gasteiger partial charge is 0.248 e. The van der Waals surface area contributed by atoms with E-state index in [9.17, 15) is 9.59 Å². The lowest BCUT2D eigenvalue weighted by Gasteiger charge is -2.22. The molecule has 2 aliphatic rings. The number of anilines is 1. The standard InChI is InChI=1S/C23H24N2O3S/c1-15-3-6-19(11-16(15)2)24-23(27)20-13-29-14-25(20)22(26)8-5-17-4-7-21-18(12-17)9-10-28-21/h3-8,11-12,20H,9-10,13-14H2,1-2H3,(H,24,27)/b8-5+. The number of nitrogens with one attached hydrogen (secondary N) is 1. The van der Waals surface area contributed by atoms with Gasteiger partial charge in [0.2, 0.25) is 11.8 Å². The highest BCUT2D eigenvalue weighted by Gasteiger charge is 2.33. The number of nitrogens with zero attached hydrogens (tertiary/aromatic N) is 1. The molecule has 2 amide bonds. The molecular formula is C23H24N2O3S. The van der Waals surface area contributed by atoms with Crippen LogP contribution in [-0.4, -0.2) is 41.0 Å². The van der Waals surface area contributed by atoms with E-state index in [0.29, 0.717) is 18.2 Å². The third kappa shape index (κ3) is 4.32. The van der Waals surface area contributed by atoms with Crippen molar-refractivity contribution in [3.8, 4) is 5.75 Å². The van der Waals surface area contributed by atoms with Crippen LogP contribution in [-0.2, 0) is 16.0 Å². The quantitative estimate of drug-likeness (QED) is 0.782. The van der Waals surface area contributed by atoms with Crippen molar-refractivity contribution in [2.24, 2.45) is 0 Å². The van der Waals surface area contributed by atoms with E-state index < -0.39 is 6.04 Å². The molecule has 5 nitrogen and oxygen atoms in total. The maximum absolute atomic E-state index is 12.8. The first-order valence-electron chi connectivity index (χ1n) is 9.71. The van der Waals surface area contributed by atoms with E-state index >= 15 is 0 Å². The maximum atomic E-state index is 12.8. The Hall–Kier alpha value is -2.73. The fraction of sp³-hybridized carbons (Fsp3) is 0.304. The van der Waals surface area contributed by atoms with Crippen molar-refractivity contribution in [2.45, 2.75) is 26.3 Å². The number of ether oxygens (including phenoxy) is 1. The zero-order valence-electron chi connectivity index (χ0n) is 16.6. The first kappa shape index (κ1) is 19.6. The molecule has 1 atom stereocenters. The highest BCUT2D eigenvalue weighted by atomic mass is 32.2. The van der Waals surface area contributed by atoms with Crippen LogP contribution >= 0.6 is 11.8 Å². The van der Waals surface area contributed by atoms with Crippen molar-refractivity contribution in [3.63, 3.8) is 0 Å². The zero-order valence-corrected chi connectivity index (χ0v) is 17.4. The third-order valence-corrected chi connectivity index (χ3v) is 6.39. The lowest BCUT2D eigenvalue weighted by molar-refractivity contribution is -0.132. The number of hydrogen-bond donors (Lipinski definition) is 1. The minimum Gasteiger partial charge on any atom is -0.493 e. The van der Waals surface area contributed by atoms with Gasteiger partial charge >= 0.3 is 0 Å². The van der Waals surface area contributed by atoms with Crippen LogP contribution in [0, 0.1) is 13.8 Å². The summed E-state index contributed by atoms with van der Waals surface area (Å²) in [5.41, 5.74) is 5.20. The molecule has 0 spiro atoms. The lowest BCUT2D eigenvalue weighted by Crippen LogP contribution is -2.43. The summed E-state index contributed by atoms with van der Waals surface area (Å²) in [6.45, 7) is 4.77. The minimum atomic E-state index is -0.466. The maximum Gasteiger partial charge on any atom is 0.248 e. The van der Waals surface area contributed by atoms with Gasteiger partial charge in [-0.05, 0) is 66.4 Å². The van der Waals surface area contributed by atoms with Crippen LogP contribution in [0.25, 0.3) is 6.08 Å². The average molecular weight is 409 g/mol. The molecule has 0 saturated carbocycles. The lowest BCUT2D eigenvalue weighted by atomic mass is 10.1. The SMILES string of the molecule is Cc1ccc(NC(=O)C2CSCN2C(=O)/C=C/c2ccc3c(c2)CCO3)cc1C. The molecule has 2 aliphatic heterocycles. The monoisotopic (exact) mass is 408 g/mol. The predicted molar refractivity (Wildman–Crippen MR) is 117 cm³/mol. The van der Waals surface area contributed by atoms with E-state index in [2.05, 4.69) is 11.4 Å². The molecule has 2 aromatic carbocycles. The molecule has 0 aromatic heterocycles. The number of rotatable bonds is 4. The zero-order chi connectivity index (χ0) is 20.4. The summed E-state index contributed by atoms with van der Waals surface area (Å²) < 4.78 is 5.52. The van der Waals surface area contributed by atoms with Gasteiger partial charge in [-0.15, -0.1) is 11.8 Å². The van der Waals surface area contributed by atoms with Gasteiger partial charge in [0.25, 0.3) is 0 Å². The molecule has 1 fully saturated rings. The van der Waals surface area contributed by atoms with Gasteiger partial charge in [-0.3, -0.25) is 9.59 Å². The van der Waals surface area contributed by atoms with Gasteiger partial charge in [-0.25, -0.2) is 0 Å². The van der Waals surface area contributed by atoms with Gasteiger partial charge in [0.1, 0.15) is 11.8 Å². The Labute approximate surface area is 175 Å². The highest BCUT2D eigenvalue weighted by Crippen LogP contribution is 2.27. The van der Waals surface area contributed by atoms with Crippen LogP contribution in [0.5, 0.6) is 5.75 Å². The van der Waals surface area contributed by atoms with E-state index in [1.807, 2.05) is 50.3 Å². The Morgan fingerprint density at radius 3 is 2.86 bits per heavy atom. The summed E-state index contributed by atoms with van der Waals surface area (Å²) >= 11 is 1.59. The molecular weight excluding hydrogens is 384 g/mol. The van der Waals surface area contributed by atoms with Crippen molar-refractivity contribution in [3.05, 3.63) is 64.7 Å². The Balaban J connectivity index is 1.42. The van der Waals surface area contributed by atoms with Crippen LogP contribution < -0.4 is 10.1 Å². The van der Waals surface area contributed by atoms with E-state index in [-0.39, 0.29) is 11.8 Å². The van der Waals surface area contributed by atoms with Crippen molar-refractivity contribution in [1.82, 2.24) is 4.90 Å². The van der Waals surface area contributed by atoms with Crippen molar-refractivity contribution in [2.75, 3.05) is 23.6 Å². The Morgan fingerprint density at radius 1 is 1.17 bits per heavy atom. The number of hydrogen-bond acceptors (Lipinski definition) is 4. The molecule has 0 radical (unpaired) electrons. The van der Waals surface area contributed by atoms with E-state index in [0.717, 1.165) is 29.0 Å². The first-order valence-corrected chi connectivity index (χ1v) is 10.9. The molecule has 6 heteroatoms. The average Bonchev–Trinajstić information content (AvgIpc) is 3.37. The van der Waals surface area contributed by atoms with Crippen molar-refractivity contribution < 1.29 is 14.3 Å². The number of amides is 2. The van der Waals surface area contributed by atoms with E-state index in [4.69, 9.17) is 4.74 Å². The Morgan fingerprint density at radius 2 is 2.03 bits per heavy atom. The second-order valence-corrected chi connectivity index (χ2v) is 8.41. The summed E-state index contributed by atoms with van der Waals surface area (Å²) in [4.78, 5) is 27.1. The third-order valence-electron chi connectivity index (χ3n) is 5.37. The first-order chi connectivity index (χ1) is 14.0. The van der Waals surface area contributed by atoms with Gasteiger partial charge in [-0.2, -0.15) is 0 Å². The molecule has 2 heterocycles. The summed E-state index contributed by atoms with van der Waals surface area (Å²) in [6, 6.07) is 11.3. The number of fused-ring (bicyclic) bond motifs is 1. The predicted octanol–water partition coefficient (Wildman–Crippen LogP) is 3.79. The summed E-state index contributed by atoms with van der Waals surface area (Å²) in [5, 5.41) is 2.95. The molecule has 1 N–H and O–H groups in total. The molecule has 1 saturated heterocycles. The number of carbonyl (C=O) groups excluding carboxylic acids is 2. The van der Waals surface area contributed by atoms with Crippen molar-refractivity contribution in [1.29, 1.82) is 0 Å². The van der Waals surface area contributed by atoms with E-state index in [1.54, 1.807) is 22.7 Å². The fourth-order valence-corrected chi connectivity index (χ4v) is 4.66. The Kier molecular flexibility index (Phi) is 5.62.